The Balaban J connectivity index is 2.04. The first kappa shape index (κ1) is 8.64. The standard InChI is InChI=1S/C7H12N2OS/c1-8-2-4-10-6-7-9-3-5-11-7/h3,5,8H,2,4,6H2,1H3. The molecule has 0 spiro atoms. The number of nitrogens with zero attached hydrogens (tertiary/aromatic N) is 1. The third kappa shape index (κ3) is 3.46. The molecule has 0 amide bonds. The Hall–Kier alpha value is -0.450. The number of thiazole rings is 1. The molecule has 11 heavy (non-hydrogen) atoms. The molecule has 0 aromatic carbocycles. The number of ether oxygens (including phenoxy) is 1. The molecule has 0 radical (unpaired) electrons. The van der Waals surface area contributed by atoms with E-state index in [-0.39, 0.29) is 0 Å². The van der Waals surface area contributed by atoms with Gasteiger partial charge in [0.05, 0.1) is 13.2 Å². The first-order valence-corrected chi connectivity index (χ1v) is 4.42. The summed E-state index contributed by atoms with van der Waals surface area (Å²) in [5.74, 6) is 0. The molecular weight excluding hydrogens is 160 g/mol. The summed E-state index contributed by atoms with van der Waals surface area (Å²) < 4.78 is 5.30. The van der Waals surface area contributed by atoms with Gasteiger partial charge in [0.25, 0.3) is 0 Å². The maximum atomic E-state index is 5.30. The van der Waals surface area contributed by atoms with E-state index in [9.17, 15) is 0 Å². The van der Waals surface area contributed by atoms with Gasteiger partial charge in [0, 0.05) is 18.1 Å². The van der Waals surface area contributed by atoms with E-state index in [0.29, 0.717) is 6.61 Å². The van der Waals surface area contributed by atoms with Crippen LogP contribution < -0.4 is 5.32 Å². The molecule has 1 N–H and O–H groups in total. The van der Waals surface area contributed by atoms with Crippen molar-refractivity contribution in [3.8, 4) is 0 Å². The maximum Gasteiger partial charge on any atom is 0.118 e. The van der Waals surface area contributed by atoms with Crippen LogP contribution in [0, 0.1) is 0 Å². The second kappa shape index (κ2) is 5.23. The molecule has 0 aliphatic rings. The van der Waals surface area contributed by atoms with E-state index in [0.717, 1.165) is 18.2 Å². The third-order valence-electron chi connectivity index (χ3n) is 1.21. The molecule has 0 atom stereocenters. The lowest BCUT2D eigenvalue weighted by atomic mass is 10.7. The number of hydrogen-bond donors (Lipinski definition) is 1. The van der Waals surface area contributed by atoms with Crippen molar-refractivity contribution in [2.75, 3.05) is 20.2 Å². The van der Waals surface area contributed by atoms with Crippen LogP contribution in [0.1, 0.15) is 5.01 Å². The van der Waals surface area contributed by atoms with Gasteiger partial charge >= 0.3 is 0 Å². The van der Waals surface area contributed by atoms with E-state index in [2.05, 4.69) is 10.3 Å². The summed E-state index contributed by atoms with van der Waals surface area (Å²) in [5.41, 5.74) is 0. The minimum Gasteiger partial charge on any atom is -0.373 e. The van der Waals surface area contributed by atoms with Gasteiger partial charge in [0.1, 0.15) is 5.01 Å². The van der Waals surface area contributed by atoms with Crippen LogP contribution in [0.25, 0.3) is 0 Å². The highest BCUT2D eigenvalue weighted by Crippen LogP contribution is 2.04. The van der Waals surface area contributed by atoms with Gasteiger partial charge in [0.15, 0.2) is 0 Å². The van der Waals surface area contributed by atoms with Crippen LogP contribution in [0.15, 0.2) is 11.6 Å². The minimum atomic E-state index is 0.638. The molecule has 0 bridgehead atoms. The fourth-order valence-corrected chi connectivity index (χ4v) is 1.21. The Bertz CT molecular complexity index is 177. The van der Waals surface area contributed by atoms with Crippen LogP contribution in [-0.2, 0) is 11.3 Å². The van der Waals surface area contributed by atoms with Crippen molar-refractivity contribution in [3.63, 3.8) is 0 Å². The molecule has 0 saturated heterocycles. The normalized spacial score (nSPS) is 10.3. The van der Waals surface area contributed by atoms with Crippen molar-refractivity contribution in [2.45, 2.75) is 6.61 Å². The van der Waals surface area contributed by atoms with Gasteiger partial charge in [-0.15, -0.1) is 11.3 Å². The van der Waals surface area contributed by atoms with Gasteiger partial charge in [-0.2, -0.15) is 0 Å². The Morgan fingerprint density at radius 3 is 3.27 bits per heavy atom. The largest absolute Gasteiger partial charge is 0.373 e. The summed E-state index contributed by atoms with van der Waals surface area (Å²) in [6.45, 7) is 2.28. The zero-order valence-corrected chi connectivity index (χ0v) is 7.36. The molecule has 0 unspecified atom stereocenters. The van der Waals surface area contributed by atoms with Crippen molar-refractivity contribution >= 4 is 11.3 Å². The van der Waals surface area contributed by atoms with Crippen molar-refractivity contribution in [1.82, 2.24) is 10.3 Å². The summed E-state index contributed by atoms with van der Waals surface area (Å²) in [4.78, 5) is 4.09. The predicted molar refractivity (Wildman–Crippen MR) is 45.7 cm³/mol. The number of rotatable bonds is 5. The van der Waals surface area contributed by atoms with Crippen molar-refractivity contribution in [2.24, 2.45) is 0 Å². The summed E-state index contributed by atoms with van der Waals surface area (Å²) in [5, 5.41) is 6.00. The van der Waals surface area contributed by atoms with Gasteiger partial charge in [-0.3, -0.25) is 0 Å². The Morgan fingerprint density at radius 1 is 1.73 bits per heavy atom. The highest BCUT2D eigenvalue weighted by molar-refractivity contribution is 7.09. The molecule has 3 nitrogen and oxygen atoms in total. The highest BCUT2D eigenvalue weighted by atomic mass is 32.1. The van der Waals surface area contributed by atoms with Crippen LogP contribution in [0.2, 0.25) is 0 Å². The van der Waals surface area contributed by atoms with Crippen LogP contribution in [-0.4, -0.2) is 25.2 Å². The summed E-state index contributed by atoms with van der Waals surface area (Å²) in [6, 6.07) is 0. The quantitative estimate of drug-likeness (QED) is 0.669. The van der Waals surface area contributed by atoms with Gasteiger partial charge in [-0.25, -0.2) is 4.98 Å². The first-order valence-electron chi connectivity index (χ1n) is 3.54. The van der Waals surface area contributed by atoms with E-state index in [1.165, 1.54) is 0 Å². The SMILES string of the molecule is CNCCOCc1nccs1. The average Bonchev–Trinajstić information content (AvgIpc) is 2.50. The smallest absolute Gasteiger partial charge is 0.118 e. The van der Waals surface area contributed by atoms with Crippen LogP contribution in [0.3, 0.4) is 0 Å². The number of hydrogen-bond acceptors (Lipinski definition) is 4. The zero-order valence-electron chi connectivity index (χ0n) is 6.54. The topological polar surface area (TPSA) is 34.1 Å². The van der Waals surface area contributed by atoms with Crippen LogP contribution in [0.5, 0.6) is 0 Å². The van der Waals surface area contributed by atoms with Crippen molar-refractivity contribution < 1.29 is 4.74 Å². The number of likely N-dealkylation sites (N-methyl/N-ethyl adjacent to an activating group) is 1. The molecule has 4 heteroatoms. The average molecular weight is 172 g/mol. The summed E-state index contributed by atoms with van der Waals surface area (Å²) >= 11 is 1.62. The molecule has 0 aliphatic heterocycles. The van der Waals surface area contributed by atoms with E-state index >= 15 is 0 Å². The van der Waals surface area contributed by atoms with E-state index < -0.39 is 0 Å². The van der Waals surface area contributed by atoms with Crippen molar-refractivity contribution in [1.29, 1.82) is 0 Å². The number of nitrogens with one attached hydrogen (secondary N) is 1. The van der Waals surface area contributed by atoms with Gasteiger partial charge < -0.3 is 10.1 Å². The fourth-order valence-electron chi connectivity index (χ4n) is 0.658. The second-order valence-corrected chi connectivity index (χ2v) is 3.06. The van der Waals surface area contributed by atoms with Gasteiger partial charge in [-0.05, 0) is 7.05 Å². The van der Waals surface area contributed by atoms with Gasteiger partial charge in [-0.1, -0.05) is 0 Å². The van der Waals surface area contributed by atoms with Crippen molar-refractivity contribution in [3.05, 3.63) is 16.6 Å². The molecule has 1 heterocycles. The first-order chi connectivity index (χ1) is 5.43. The lowest BCUT2D eigenvalue weighted by molar-refractivity contribution is 0.124. The Labute approximate surface area is 70.4 Å². The third-order valence-corrected chi connectivity index (χ3v) is 1.96. The molecule has 0 fully saturated rings. The molecule has 1 rings (SSSR count). The minimum absolute atomic E-state index is 0.638. The molecule has 1 aromatic rings. The maximum absolute atomic E-state index is 5.30. The van der Waals surface area contributed by atoms with Crippen LogP contribution >= 0.6 is 11.3 Å². The predicted octanol–water partition coefficient (Wildman–Crippen LogP) is 0.879. The number of aromatic nitrogens is 1. The molecule has 0 saturated carbocycles. The van der Waals surface area contributed by atoms with E-state index in [1.807, 2.05) is 12.4 Å². The Morgan fingerprint density at radius 2 is 2.64 bits per heavy atom. The van der Waals surface area contributed by atoms with Gasteiger partial charge in [0.2, 0.25) is 0 Å². The fraction of sp³-hybridized carbons (Fsp3) is 0.571. The second-order valence-electron chi connectivity index (χ2n) is 2.08. The Kier molecular flexibility index (Phi) is 4.11. The monoisotopic (exact) mass is 172 g/mol. The molecular formula is C7H12N2OS. The van der Waals surface area contributed by atoms with E-state index in [4.69, 9.17) is 4.74 Å². The zero-order chi connectivity index (χ0) is 7.94. The molecule has 1 aromatic heterocycles. The van der Waals surface area contributed by atoms with E-state index in [1.54, 1.807) is 17.5 Å². The summed E-state index contributed by atoms with van der Waals surface area (Å²) in [6.07, 6.45) is 1.79. The lowest BCUT2D eigenvalue weighted by Crippen LogP contribution is -2.13. The lowest BCUT2D eigenvalue weighted by Gasteiger charge is -1.99. The molecule has 62 valence electrons. The molecule has 0 aliphatic carbocycles. The highest BCUT2D eigenvalue weighted by Gasteiger charge is 1.93. The van der Waals surface area contributed by atoms with Crippen LogP contribution in [0.4, 0.5) is 0 Å². The summed E-state index contributed by atoms with van der Waals surface area (Å²) in [7, 11) is 1.91.